The number of carbonyl (C=O) groups excluding carboxylic acids is 2. The average molecular weight is 399 g/mol. The van der Waals surface area contributed by atoms with Crippen molar-refractivity contribution in [1.82, 2.24) is 4.90 Å². The van der Waals surface area contributed by atoms with Crippen molar-refractivity contribution in [3.8, 4) is 5.75 Å². The van der Waals surface area contributed by atoms with Crippen LogP contribution in [0.4, 0.5) is 13.2 Å². The van der Waals surface area contributed by atoms with E-state index in [0.717, 1.165) is 17.3 Å². The number of benzene rings is 1. The van der Waals surface area contributed by atoms with Crippen LogP contribution in [-0.4, -0.2) is 35.0 Å². The molecule has 3 rings (SSSR count). The number of likely N-dealkylation sites (N-methyl/N-ethyl adjacent to an activating group) is 1. The van der Waals surface area contributed by atoms with E-state index in [2.05, 4.69) is 4.74 Å². The molecule has 2 aliphatic rings. The Balaban J connectivity index is 2.02. The lowest BCUT2D eigenvalue weighted by molar-refractivity contribution is -0.274. The van der Waals surface area contributed by atoms with Gasteiger partial charge in [0.25, 0.3) is 5.91 Å². The number of ether oxygens (including phenoxy) is 1. The van der Waals surface area contributed by atoms with Crippen molar-refractivity contribution in [3.63, 3.8) is 0 Å². The number of rotatable bonds is 4. The third-order valence-corrected chi connectivity index (χ3v) is 6.49. The molecule has 27 heavy (non-hydrogen) atoms. The van der Waals surface area contributed by atoms with E-state index in [1.165, 1.54) is 18.2 Å². The van der Waals surface area contributed by atoms with Gasteiger partial charge in [-0.3, -0.25) is 9.59 Å². The van der Waals surface area contributed by atoms with Gasteiger partial charge in [0.05, 0.1) is 4.91 Å². The minimum Gasteiger partial charge on any atom is -0.406 e. The molecule has 0 radical (unpaired) electrons. The first kappa shape index (κ1) is 19.8. The summed E-state index contributed by atoms with van der Waals surface area (Å²) in [6.45, 7) is 6.02. The maximum absolute atomic E-state index is 13.3. The summed E-state index contributed by atoms with van der Waals surface area (Å²) in [4.78, 5) is 28.8. The van der Waals surface area contributed by atoms with E-state index in [0.29, 0.717) is 34.8 Å². The molecule has 1 amide bonds. The van der Waals surface area contributed by atoms with Gasteiger partial charge in [0.15, 0.2) is 5.78 Å². The fourth-order valence-electron chi connectivity index (χ4n) is 3.89. The van der Waals surface area contributed by atoms with Gasteiger partial charge in [-0.05, 0) is 37.5 Å². The number of nitrogens with zero attached hydrogens (tertiary/aromatic N) is 1. The normalized spacial score (nSPS) is 19.1. The van der Waals surface area contributed by atoms with Crippen LogP contribution in [0.2, 0.25) is 0 Å². The molecule has 0 aromatic heterocycles. The molecular weight excluding hydrogens is 379 g/mol. The number of alkyl halides is 3. The summed E-state index contributed by atoms with van der Waals surface area (Å²) in [5.41, 5.74) is 0.345. The zero-order chi connectivity index (χ0) is 20.0. The number of hydrogen-bond donors (Lipinski definition) is 0. The van der Waals surface area contributed by atoms with Crippen molar-refractivity contribution in [1.29, 1.82) is 0 Å². The third kappa shape index (κ3) is 3.24. The second-order valence-electron chi connectivity index (χ2n) is 6.52. The number of halogens is 3. The van der Waals surface area contributed by atoms with Crippen LogP contribution in [0, 0.1) is 0 Å². The summed E-state index contributed by atoms with van der Waals surface area (Å²) >= 11 is 1.05. The fraction of sp³-hybridized carbons (Fsp3) is 0.474. The van der Waals surface area contributed by atoms with Gasteiger partial charge in [0.2, 0.25) is 0 Å². The highest BCUT2D eigenvalue weighted by molar-refractivity contribution is 8.04. The van der Waals surface area contributed by atoms with E-state index in [-0.39, 0.29) is 23.9 Å². The molecule has 0 aliphatic carbocycles. The molecular formula is C19H20F3NO3S. The van der Waals surface area contributed by atoms with Crippen LogP contribution >= 0.6 is 11.8 Å². The summed E-state index contributed by atoms with van der Waals surface area (Å²) in [5.74, 6) is -0.623. The fourth-order valence-corrected chi connectivity index (χ4v) is 5.04. The number of ketones is 1. The monoisotopic (exact) mass is 399 g/mol. The van der Waals surface area contributed by atoms with E-state index >= 15 is 0 Å². The summed E-state index contributed by atoms with van der Waals surface area (Å²) in [7, 11) is 0. The number of thioether (sulfide) groups is 1. The van der Waals surface area contributed by atoms with Crippen LogP contribution in [0.3, 0.4) is 0 Å². The zero-order valence-corrected chi connectivity index (χ0v) is 16.1. The van der Waals surface area contributed by atoms with Gasteiger partial charge in [-0.1, -0.05) is 31.7 Å². The van der Waals surface area contributed by atoms with Crippen molar-refractivity contribution in [2.75, 3.05) is 6.54 Å². The smallest absolute Gasteiger partial charge is 0.406 e. The van der Waals surface area contributed by atoms with Crippen molar-refractivity contribution in [2.24, 2.45) is 0 Å². The van der Waals surface area contributed by atoms with Crippen LogP contribution in [0.25, 0.3) is 0 Å². The predicted molar refractivity (Wildman–Crippen MR) is 95.4 cm³/mol. The van der Waals surface area contributed by atoms with E-state index in [4.69, 9.17) is 0 Å². The van der Waals surface area contributed by atoms with Gasteiger partial charge in [0, 0.05) is 23.4 Å². The molecule has 0 saturated heterocycles. The lowest BCUT2D eigenvalue weighted by Gasteiger charge is -2.46. The Morgan fingerprint density at radius 3 is 2.41 bits per heavy atom. The lowest BCUT2D eigenvalue weighted by atomic mass is 9.77. The molecule has 1 aromatic carbocycles. The molecule has 2 aliphatic heterocycles. The van der Waals surface area contributed by atoms with Gasteiger partial charge >= 0.3 is 6.36 Å². The SMILES string of the molecule is CCN1C(=O)C2=C(Cc3ccc(OC(F)(F)F)cc3S2)C(=O)C1(CC)CC. The second-order valence-corrected chi connectivity index (χ2v) is 7.57. The highest BCUT2D eigenvalue weighted by atomic mass is 32.2. The third-order valence-electron chi connectivity index (χ3n) is 5.26. The Bertz CT molecular complexity index is 828. The highest BCUT2D eigenvalue weighted by Gasteiger charge is 2.50. The van der Waals surface area contributed by atoms with E-state index in [9.17, 15) is 22.8 Å². The number of Topliss-reactive ketones (excluding diaryl/α,β-unsaturated/α-hetero) is 1. The van der Waals surface area contributed by atoms with Crippen LogP contribution in [0.15, 0.2) is 33.6 Å². The Hall–Kier alpha value is -1.96. The number of amides is 1. The number of carbonyl (C=O) groups is 2. The quantitative estimate of drug-likeness (QED) is 0.749. The van der Waals surface area contributed by atoms with E-state index in [1.54, 1.807) is 4.90 Å². The van der Waals surface area contributed by atoms with Gasteiger partial charge in [0.1, 0.15) is 11.3 Å². The van der Waals surface area contributed by atoms with Crippen LogP contribution in [0.5, 0.6) is 5.75 Å². The molecule has 0 atom stereocenters. The number of fused-ring (bicyclic) bond motifs is 1. The lowest BCUT2D eigenvalue weighted by Crippen LogP contribution is -2.60. The molecule has 0 bridgehead atoms. The first-order valence-corrected chi connectivity index (χ1v) is 9.65. The van der Waals surface area contributed by atoms with Gasteiger partial charge in [-0.15, -0.1) is 13.2 Å². The van der Waals surface area contributed by atoms with Crippen molar-refractivity contribution in [3.05, 3.63) is 34.2 Å². The predicted octanol–water partition coefficient (Wildman–Crippen LogP) is 4.48. The molecule has 0 saturated carbocycles. The van der Waals surface area contributed by atoms with Crippen LogP contribution < -0.4 is 4.74 Å². The topological polar surface area (TPSA) is 46.6 Å². The maximum Gasteiger partial charge on any atom is 0.573 e. The maximum atomic E-state index is 13.3. The Morgan fingerprint density at radius 1 is 1.19 bits per heavy atom. The second kappa shape index (κ2) is 6.89. The van der Waals surface area contributed by atoms with Crippen molar-refractivity contribution >= 4 is 23.5 Å². The molecule has 0 N–H and O–H groups in total. The van der Waals surface area contributed by atoms with E-state index in [1.807, 2.05) is 20.8 Å². The molecule has 2 heterocycles. The molecule has 1 aromatic rings. The average Bonchev–Trinajstić information content (AvgIpc) is 2.62. The summed E-state index contributed by atoms with van der Waals surface area (Å²) in [6, 6.07) is 4.03. The van der Waals surface area contributed by atoms with Gasteiger partial charge in [-0.25, -0.2) is 0 Å². The molecule has 0 unspecified atom stereocenters. The minimum absolute atomic E-state index is 0.0577. The molecule has 4 nitrogen and oxygen atoms in total. The van der Waals surface area contributed by atoms with Gasteiger partial charge < -0.3 is 9.64 Å². The molecule has 0 spiro atoms. The first-order valence-electron chi connectivity index (χ1n) is 8.83. The molecule has 0 fully saturated rings. The van der Waals surface area contributed by atoms with Crippen LogP contribution in [0.1, 0.15) is 39.2 Å². The summed E-state index contributed by atoms with van der Waals surface area (Å²) in [5, 5.41) is 0. The largest absolute Gasteiger partial charge is 0.573 e. The zero-order valence-electron chi connectivity index (χ0n) is 15.3. The summed E-state index contributed by atoms with van der Waals surface area (Å²) in [6.07, 6.45) is -3.49. The Labute approximate surface area is 159 Å². The molecule has 146 valence electrons. The Morgan fingerprint density at radius 2 is 1.85 bits per heavy atom. The molecule has 8 heteroatoms. The van der Waals surface area contributed by atoms with E-state index < -0.39 is 11.9 Å². The highest BCUT2D eigenvalue weighted by Crippen LogP contribution is 2.47. The van der Waals surface area contributed by atoms with Crippen molar-refractivity contribution in [2.45, 2.75) is 56.8 Å². The first-order chi connectivity index (χ1) is 12.7. The Kier molecular flexibility index (Phi) is 5.05. The standard InChI is InChI=1S/C19H20F3NO3S/c1-4-18(5-2)16(24)13-9-11-7-8-12(26-19(20,21)22)10-14(11)27-15(13)17(25)23(18)6-3/h7-8,10H,4-6,9H2,1-3H3. The van der Waals surface area contributed by atoms with Crippen LogP contribution in [-0.2, 0) is 16.0 Å². The summed E-state index contributed by atoms with van der Waals surface area (Å²) < 4.78 is 41.4. The minimum atomic E-state index is -4.78. The van der Waals surface area contributed by atoms with Gasteiger partial charge in [-0.2, -0.15) is 0 Å². The number of hydrogen-bond acceptors (Lipinski definition) is 4. The van der Waals surface area contributed by atoms with Crippen molar-refractivity contribution < 1.29 is 27.5 Å².